The predicted octanol–water partition coefficient (Wildman–Crippen LogP) is 2.32. The maximum Gasteiger partial charge on any atom is 0.228 e. The molecule has 0 spiro atoms. The molecule has 1 aliphatic carbocycles. The molecule has 2 aromatic rings. The van der Waals surface area contributed by atoms with Gasteiger partial charge in [0.2, 0.25) is 11.7 Å². The van der Waals surface area contributed by atoms with Crippen LogP contribution in [0.3, 0.4) is 0 Å². The SMILES string of the molecule is Cc1ccccc1-c1noc(CC(N)C2CC2)n1. The van der Waals surface area contributed by atoms with E-state index in [0.29, 0.717) is 24.1 Å². The maximum atomic E-state index is 6.06. The Labute approximate surface area is 106 Å². The van der Waals surface area contributed by atoms with Crippen LogP contribution in [0, 0.1) is 12.8 Å². The summed E-state index contributed by atoms with van der Waals surface area (Å²) in [7, 11) is 0. The van der Waals surface area contributed by atoms with Gasteiger partial charge in [-0.15, -0.1) is 0 Å². The van der Waals surface area contributed by atoms with E-state index in [1.165, 1.54) is 12.8 Å². The fourth-order valence-electron chi connectivity index (χ4n) is 2.16. The number of aromatic nitrogens is 2. The number of aryl methyl sites for hydroxylation is 1. The lowest BCUT2D eigenvalue weighted by molar-refractivity contribution is 0.364. The Morgan fingerprint density at radius 1 is 1.39 bits per heavy atom. The minimum absolute atomic E-state index is 0.162. The average molecular weight is 243 g/mol. The van der Waals surface area contributed by atoms with Gasteiger partial charge in [-0.25, -0.2) is 0 Å². The van der Waals surface area contributed by atoms with Gasteiger partial charge in [0.1, 0.15) is 0 Å². The molecule has 1 aliphatic rings. The van der Waals surface area contributed by atoms with Crippen molar-refractivity contribution in [3.8, 4) is 11.4 Å². The van der Waals surface area contributed by atoms with E-state index in [-0.39, 0.29) is 6.04 Å². The van der Waals surface area contributed by atoms with E-state index in [2.05, 4.69) is 10.1 Å². The van der Waals surface area contributed by atoms with Crippen LogP contribution in [0.25, 0.3) is 11.4 Å². The van der Waals surface area contributed by atoms with E-state index in [1.54, 1.807) is 0 Å². The van der Waals surface area contributed by atoms with Gasteiger partial charge in [-0.3, -0.25) is 0 Å². The third-order valence-corrected chi connectivity index (χ3v) is 3.49. The molecule has 0 radical (unpaired) electrons. The number of rotatable bonds is 4. The third kappa shape index (κ3) is 2.29. The Hall–Kier alpha value is -1.68. The number of nitrogens with two attached hydrogens (primary N) is 1. The Balaban J connectivity index is 1.78. The van der Waals surface area contributed by atoms with Gasteiger partial charge in [0.25, 0.3) is 0 Å². The molecular formula is C14H17N3O. The zero-order chi connectivity index (χ0) is 12.5. The minimum atomic E-state index is 0.162. The maximum absolute atomic E-state index is 6.06. The summed E-state index contributed by atoms with van der Waals surface area (Å²) in [5.74, 6) is 1.96. The molecule has 1 unspecified atom stereocenters. The van der Waals surface area contributed by atoms with Crippen LogP contribution in [0.1, 0.15) is 24.3 Å². The summed E-state index contributed by atoms with van der Waals surface area (Å²) in [5, 5.41) is 4.04. The molecule has 4 heteroatoms. The van der Waals surface area contributed by atoms with Gasteiger partial charge in [0, 0.05) is 18.0 Å². The van der Waals surface area contributed by atoms with Crippen molar-refractivity contribution in [3.63, 3.8) is 0 Å². The molecule has 0 amide bonds. The zero-order valence-electron chi connectivity index (χ0n) is 10.5. The van der Waals surface area contributed by atoms with Crippen molar-refractivity contribution in [1.82, 2.24) is 10.1 Å². The molecule has 1 aromatic carbocycles. The van der Waals surface area contributed by atoms with Gasteiger partial charge in [-0.2, -0.15) is 4.98 Å². The topological polar surface area (TPSA) is 64.9 Å². The first-order valence-electron chi connectivity index (χ1n) is 6.38. The Morgan fingerprint density at radius 3 is 2.89 bits per heavy atom. The highest BCUT2D eigenvalue weighted by atomic mass is 16.5. The standard InChI is InChI=1S/C14H17N3O/c1-9-4-2-3-5-11(9)14-16-13(18-17-14)8-12(15)10-6-7-10/h2-5,10,12H,6-8,15H2,1H3. The first-order valence-corrected chi connectivity index (χ1v) is 6.38. The van der Waals surface area contributed by atoms with Crippen molar-refractivity contribution in [2.75, 3.05) is 0 Å². The van der Waals surface area contributed by atoms with Crippen LogP contribution in [0.2, 0.25) is 0 Å². The smallest absolute Gasteiger partial charge is 0.228 e. The molecule has 18 heavy (non-hydrogen) atoms. The van der Waals surface area contributed by atoms with Gasteiger partial charge in [0.15, 0.2) is 0 Å². The molecule has 1 atom stereocenters. The van der Waals surface area contributed by atoms with Crippen molar-refractivity contribution >= 4 is 0 Å². The molecular weight excluding hydrogens is 226 g/mol. The second kappa shape index (κ2) is 4.53. The third-order valence-electron chi connectivity index (χ3n) is 3.49. The van der Waals surface area contributed by atoms with Crippen LogP contribution in [0.4, 0.5) is 0 Å². The van der Waals surface area contributed by atoms with Crippen LogP contribution in [-0.4, -0.2) is 16.2 Å². The fraction of sp³-hybridized carbons (Fsp3) is 0.429. The van der Waals surface area contributed by atoms with Crippen molar-refractivity contribution < 1.29 is 4.52 Å². The van der Waals surface area contributed by atoms with Crippen molar-refractivity contribution in [1.29, 1.82) is 0 Å². The molecule has 3 rings (SSSR count). The van der Waals surface area contributed by atoms with E-state index < -0.39 is 0 Å². The summed E-state index contributed by atoms with van der Waals surface area (Å²) < 4.78 is 5.28. The van der Waals surface area contributed by atoms with E-state index in [4.69, 9.17) is 10.3 Å². The first-order chi connectivity index (χ1) is 8.74. The Kier molecular flexibility index (Phi) is 2.88. The highest BCUT2D eigenvalue weighted by molar-refractivity contribution is 5.58. The summed E-state index contributed by atoms with van der Waals surface area (Å²) in [6.45, 7) is 2.04. The van der Waals surface area contributed by atoms with Crippen LogP contribution in [0.15, 0.2) is 28.8 Å². The predicted molar refractivity (Wildman–Crippen MR) is 68.9 cm³/mol. The van der Waals surface area contributed by atoms with E-state index in [0.717, 1.165) is 11.1 Å². The summed E-state index contributed by atoms with van der Waals surface area (Å²) in [6.07, 6.45) is 3.16. The Morgan fingerprint density at radius 2 is 2.17 bits per heavy atom. The minimum Gasteiger partial charge on any atom is -0.339 e. The largest absolute Gasteiger partial charge is 0.339 e. The number of benzene rings is 1. The molecule has 94 valence electrons. The number of hydrogen-bond donors (Lipinski definition) is 1. The fourth-order valence-corrected chi connectivity index (χ4v) is 2.16. The van der Waals surface area contributed by atoms with Crippen molar-refractivity contribution in [2.24, 2.45) is 11.7 Å². The highest BCUT2D eigenvalue weighted by Gasteiger charge is 2.29. The number of nitrogens with zero attached hydrogens (tertiary/aromatic N) is 2. The van der Waals surface area contributed by atoms with E-state index in [1.807, 2.05) is 31.2 Å². The van der Waals surface area contributed by atoms with Crippen molar-refractivity contribution in [2.45, 2.75) is 32.2 Å². The normalized spacial score (nSPS) is 16.8. The zero-order valence-corrected chi connectivity index (χ0v) is 10.5. The van der Waals surface area contributed by atoms with Crippen molar-refractivity contribution in [3.05, 3.63) is 35.7 Å². The van der Waals surface area contributed by atoms with Gasteiger partial charge in [0.05, 0.1) is 0 Å². The van der Waals surface area contributed by atoms with Crippen LogP contribution >= 0.6 is 0 Å². The summed E-state index contributed by atoms with van der Waals surface area (Å²) in [6, 6.07) is 8.19. The molecule has 4 nitrogen and oxygen atoms in total. The molecule has 2 N–H and O–H groups in total. The van der Waals surface area contributed by atoms with Gasteiger partial charge < -0.3 is 10.3 Å². The van der Waals surface area contributed by atoms with Gasteiger partial charge >= 0.3 is 0 Å². The molecule has 0 aliphatic heterocycles. The van der Waals surface area contributed by atoms with Gasteiger partial charge in [-0.05, 0) is 31.2 Å². The summed E-state index contributed by atoms with van der Waals surface area (Å²) >= 11 is 0. The second-order valence-electron chi connectivity index (χ2n) is 5.03. The quantitative estimate of drug-likeness (QED) is 0.895. The van der Waals surface area contributed by atoms with E-state index >= 15 is 0 Å². The molecule has 0 saturated heterocycles. The summed E-state index contributed by atoms with van der Waals surface area (Å²) in [4.78, 5) is 4.43. The average Bonchev–Trinajstić information content (AvgIpc) is 3.12. The van der Waals surface area contributed by atoms with Crippen LogP contribution < -0.4 is 5.73 Å². The van der Waals surface area contributed by atoms with Crippen LogP contribution in [0.5, 0.6) is 0 Å². The molecule has 1 saturated carbocycles. The first kappa shape index (κ1) is 11.4. The molecule has 1 aromatic heterocycles. The molecule has 0 bridgehead atoms. The summed E-state index contributed by atoms with van der Waals surface area (Å²) in [5.41, 5.74) is 8.23. The number of hydrogen-bond acceptors (Lipinski definition) is 4. The Bertz CT molecular complexity index is 545. The lowest BCUT2D eigenvalue weighted by Gasteiger charge is -2.04. The second-order valence-corrected chi connectivity index (χ2v) is 5.03. The van der Waals surface area contributed by atoms with E-state index in [9.17, 15) is 0 Å². The lowest BCUT2D eigenvalue weighted by Crippen LogP contribution is -2.25. The highest BCUT2D eigenvalue weighted by Crippen LogP contribution is 2.32. The van der Waals surface area contributed by atoms with Crippen LogP contribution in [-0.2, 0) is 6.42 Å². The lowest BCUT2D eigenvalue weighted by atomic mass is 10.1. The van der Waals surface area contributed by atoms with Gasteiger partial charge in [-0.1, -0.05) is 29.4 Å². The monoisotopic (exact) mass is 243 g/mol. The molecule has 1 fully saturated rings. The molecule has 1 heterocycles.